The lowest BCUT2D eigenvalue weighted by Gasteiger charge is -2.32. The fourth-order valence-corrected chi connectivity index (χ4v) is 3.35. The molecule has 0 aromatic heterocycles. The van der Waals surface area contributed by atoms with Gasteiger partial charge in [0, 0.05) is 12.6 Å². The maximum Gasteiger partial charge on any atom is 0.242 e. The molecule has 0 saturated carbocycles. The van der Waals surface area contributed by atoms with E-state index in [-0.39, 0.29) is 0 Å². The Morgan fingerprint density at radius 1 is 1.38 bits per heavy atom. The fraction of sp³-hybridized carbons (Fsp3) is 0.588. The molecule has 4 N–H and O–H groups in total. The van der Waals surface area contributed by atoms with Gasteiger partial charge in [0.2, 0.25) is 5.91 Å². The van der Waals surface area contributed by atoms with E-state index < -0.39 is 11.4 Å². The van der Waals surface area contributed by atoms with Crippen LogP contribution in [-0.2, 0) is 10.3 Å². The van der Waals surface area contributed by atoms with Crippen LogP contribution in [0.3, 0.4) is 0 Å². The molecule has 1 amide bonds. The van der Waals surface area contributed by atoms with Crippen LogP contribution in [0.1, 0.15) is 38.7 Å². The van der Waals surface area contributed by atoms with Crippen LogP contribution >= 0.6 is 0 Å². The number of amides is 1. The van der Waals surface area contributed by atoms with E-state index in [1.165, 1.54) is 12.8 Å². The van der Waals surface area contributed by atoms with Gasteiger partial charge in [-0.2, -0.15) is 0 Å². The van der Waals surface area contributed by atoms with E-state index in [0.717, 1.165) is 18.7 Å². The molecule has 1 fully saturated rings. The lowest BCUT2D eigenvalue weighted by molar-refractivity contribution is -0.123. The quantitative estimate of drug-likeness (QED) is 0.839. The first-order chi connectivity index (χ1) is 9.95. The lowest BCUT2D eigenvalue weighted by Crippen LogP contribution is -2.51. The van der Waals surface area contributed by atoms with Gasteiger partial charge in [-0.25, -0.2) is 0 Å². The van der Waals surface area contributed by atoms with Gasteiger partial charge in [0.1, 0.15) is 5.54 Å². The van der Waals surface area contributed by atoms with E-state index in [2.05, 4.69) is 18.7 Å². The predicted octanol–water partition coefficient (Wildman–Crippen LogP) is 1.84. The Morgan fingerprint density at radius 2 is 2.05 bits per heavy atom. The van der Waals surface area contributed by atoms with Crippen molar-refractivity contribution >= 4 is 5.91 Å². The smallest absolute Gasteiger partial charge is 0.242 e. The van der Waals surface area contributed by atoms with Gasteiger partial charge in [-0.15, -0.1) is 0 Å². The number of benzene rings is 1. The molecule has 21 heavy (non-hydrogen) atoms. The minimum absolute atomic E-state index is 0.450. The number of carbonyl (C=O) groups is 1. The first-order valence-corrected chi connectivity index (χ1v) is 7.83. The van der Waals surface area contributed by atoms with Gasteiger partial charge >= 0.3 is 0 Å². The zero-order valence-electron chi connectivity index (χ0n) is 13.1. The maximum atomic E-state index is 11.9. The van der Waals surface area contributed by atoms with Crippen LogP contribution in [0, 0.1) is 5.92 Å². The summed E-state index contributed by atoms with van der Waals surface area (Å²) in [6.07, 6.45) is 3.02. The van der Waals surface area contributed by atoms with Gasteiger partial charge in [-0.3, -0.25) is 4.79 Å². The van der Waals surface area contributed by atoms with Crippen LogP contribution in [-0.4, -0.2) is 29.9 Å². The molecule has 0 spiro atoms. The summed E-state index contributed by atoms with van der Waals surface area (Å²) < 4.78 is 0. The van der Waals surface area contributed by atoms with Crippen molar-refractivity contribution in [1.82, 2.24) is 4.90 Å². The molecule has 116 valence electrons. The SMILES string of the molecule is CC(C)C1CCCN1CCC(N)(C(N)=O)c1ccccc1. The monoisotopic (exact) mass is 289 g/mol. The first kappa shape index (κ1) is 16.0. The predicted molar refractivity (Wildman–Crippen MR) is 85.6 cm³/mol. The molecule has 4 nitrogen and oxygen atoms in total. The Morgan fingerprint density at radius 3 is 2.62 bits per heavy atom. The van der Waals surface area contributed by atoms with Crippen LogP contribution in [0.25, 0.3) is 0 Å². The average Bonchev–Trinajstić information content (AvgIpc) is 2.94. The number of nitrogens with two attached hydrogens (primary N) is 2. The summed E-state index contributed by atoms with van der Waals surface area (Å²) in [5, 5.41) is 0. The fourth-order valence-electron chi connectivity index (χ4n) is 3.35. The summed E-state index contributed by atoms with van der Waals surface area (Å²) in [6.45, 7) is 6.41. The van der Waals surface area contributed by atoms with E-state index >= 15 is 0 Å². The van der Waals surface area contributed by atoms with Gasteiger partial charge < -0.3 is 16.4 Å². The number of hydrogen-bond donors (Lipinski definition) is 2. The molecule has 1 aromatic rings. The molecule has 1 aromatic carbocycles. The Balaban J connectivity index is 2.09. The highest BCUT2D eigenvalue weighted by atomic mass is 16.1. The third-order valence-electron chi connectivity index (χ3n) is 4.71. The van der Waals surface area contributed by atoms with Crippen molar-refractivity contribution in [3.05, 3.63) is 35.9 Å². The third-order valence-corrected chi connectivity index (χ3v) is 4.71. The molecule has 0 aliphatic carbocycles. The summed E-state index contributed by atoms with van der Waals surface area (Å²) in [6, 6.07) is 10.1. The second kappa shape index (κ2) is 6.58. The largest absolute Gasteiger partial charge is 0.368 e. The van der Waals surface area contributed by atoms with Crippen molar-refractivity contribution < 1.29 is 4.79 Å². The molecule has 0 radical (unpaired) electrons. The normalized spacial score (nSPS) is 22.4. The van der Waals surface area contributed by atoms with E-state index in [0.29, 0.717) is 18.4 Å². The van der Waals surface area contributed by atoms with E-state index in [1.807, 2.05) is 30.3 Å². The number of carbonyl (C=O) groups excluding carboxylic acids is 1. The van der Waals surface area contributed by atoms with Crippen molar-refractivity contribution in [2.24, 2.45) is 17.4 Å². The highest BCUT2D eigenvalue weighted by Crippen LogP contribution is 2.27. The number of nitrogens with zero attached hydrogens (tertiary/aromatic N) is 1. The number of primary amides is 1. The van der Waals surface area contributed by atoms with Gasteiger partial charge in [0.15, 0.2) is 0 Å². The lowest BCUT2D eigenvalue weighted by atomic mass is 9.86. The molecule has 2 rings (SSSR count). The third kappa shape index (κ3) is 3.44. The molecule has 1 saturated heterocycles. The summed E-state index contributed by atoms with van der Waals surface area (Å²) >= 11 is 0. The van der Waals surface area contributed by atoms with E-state index in [9.17, 15) is 4.79 Å². The molecule has 1 aliphatic rings. The minimum Gasteiger partial charge on any atom is -0.368 e. The van der Waals surface area contributed by atoms with Crippen LogP contribution < -0.4 is 11.5 Å². The molecule has 2 unspecified atom stereocenters. The summed E-state index contributed by atoms with van der Waals surface area (Å²) in [5.74, 6) is 0.180. The van der Waals surface area contributed by atoms with Crippen molar-refractivity contribution in [2.75, 3.05) is 13.1 Å². The standard InChI is InChI=1S/C17H27N3O/c1-13(2)15-9-6-11-20(15)12-10-17(19,16(18)21)14-7-4-3-5-8-14/h3-5,7-8,13,15H,6,9-12,19H2,1-2H3,(H2,18,21). The van der Waals surface area contributed by atoms with E-state index in [4.69, 9.17) is 11.5 Å². The molecular formula is C17H27N3O. The number of hydrogen-bond acceptors (Lipinski definition) is 3. The van der Waals surface area contributed by atoms with Crippen molar-refractivity contribution in [1.29, 1.82) is 0 Å². The van der Waals surface area contributed by atoms with Gasteiger partial charge in [0.25, 0.3) is 0 Å². The van der Waals surface area contributed by atoms with E-state index in [1.54, 1.807) is 0 Å². The summed E-state index contributed by atoms with van der Waals surface area (Å²) in [5.41, 5.74) is 11.7. The Bertz CT molecular complexity index is 474. The zero-order chi connectivity index (χ0) is 15.5. The zero-order valence-corrected chi connectivity index (χ0v) is 13.1. The van der Waals surface area contributed by atoms with Gasteiger partial charge in [-0.1, -0.05) is 44.2 Å². The highest BCUT2D eigenvalue weighted by Gasteiger charge is 2.36. The van der Waals surface area contributed by atoms with Crippen molar-refractivity contribution in [3.8, 4) is 0 Å². The highest BCUT2D eigenvalue weighted by molar-refractivity contribution is 5.85. The molecule has 1 aliphatic heterocycles. The molecule has 0 bridgehead atoms. The van der Waals surface area contributed by atoms with Crippen LogP contribution in [0.2, 0.25) is 0 Å². The van der Waals surface area contributed by atoms with Crippen LogP contribution in [0.15, 0.2) is 30.3 Å². The molecular weight excluding hydrogens is 262 g/mol. The minimum atomic E-state index is -1.08. The Hall–Kier alpha value is -1.39. The number of likely N-dealkylation sites (tertiary alicyclic amines) is 1. The summed E-state index contributed by atoms with van der Waals surface area (Å²) in [4.78, 5) is 14.4. The average molecular weight is 289 g/mol. The van der Waals surface area contributed by atoms with Crippen LogP contribution in [0.5, 0.6) is 0 Å². The van der Waals surface area contributed by atoms with Gasteiger partial charge in [0.05, 0.1) is 0 Å². The summed E-state index contributed by atoms with van der Waals surface area (Å²) in [7, 11) is 0. The second-order valence-electron chi connectivity index (χ2n) is 6.44. The maximum absolute atomic E-state index is 11.9. The molecule has 2 atom stereocenters. The first-order valence-electron chi connectivity index (χ1n) is 7.83. The number of rotatable bonds is 6. The van der Waals surface area contributed by atoms with Gasteiger partial charge in [-0.05, 0) is 37.3 Å². The Kier molecular flexibility index (Phi) is 5.01. The second-order valence-corrected chi connectivity index (χ2v) is 6.44. The van der Waals surface area contributed by atoms with Crippen molar-refractivity contribution in [3.63, 3.8) is 0 Å². The van der Waals surface area contributed by atoms with Crippen molar-refractivity contribution in [2.45, 2.75) is 44.7 Å². The van der Waals surface area contributed by atoms with Crippen LogP contribution in [0.4, 0.5) is 0 Å². The topological polar surface area (TPSA) is 72.3 Å². The molecule has 4 heteroatoms. The molecule has 1 heterocycles. The Labute approximate surface area is 127 Å².